The third-order valence-corrected chi connectivity index (χ3v) is 1.15. The molecule has 0 aliphatic heterocycles. The van der Waals surface area contributed by atoms with Crippen LogP contribution < -0.4 is 0 Å². The molecule has 7 heavy (non-hydrogen) atoms. The van der Waals surface area contributed by atoms with Crippen molar-refractivity contribution in [2.45, 2.75) is 32.5 Å². The van der Waals surface area contributed by atoms with Crippen LogP contribution in [0.25, 0.3) is 0 Å². The van der Waals surface area contributed by atoms with Crippen molar-refractivity contribution in [3.05, 3.63) is 0 Å². The minimum Gasteiger partial charge on any atom is -0.366 e. The van der Waals surface area contributed by atoms with Crippen LogP contribution in [0.1, 0.15) is 26.7 Å². The summed E-state index contributed by atoms with van der Waals surface area (Å²) in [6.45, 7) is 0. The molecule has 0 spiro atoms. The molecule has 1 aliphatic carbocycles. The van der Waals surface area contributed by atoms with E-state index < -0.39 is 5.79 Å². The van der Waals surface area contributed by atoms with E-state index in [0.717, 1.165) is 6.42 Å². The molecule has 1 aliphatic rings. The van der Waals surface area contributed by atoms with Crippen LogP contribution in [0.4, 0.5) is 0 Å². The van der Waals surface area contributed by atoms with E-state index >= 15 is 0 Å². The Bertz CT molecular complexity index is 53.1. The molecule has 0 heterocycles. The first-order chi connectivity index (χ1) is 2.71. The Morgan fingerprint density at radius 3 is 1.43 bits per heavy atom. The van der Waals surface area contributed by atoms with Crippen LogP contribution in [-0.4, -0.2) is 16.0 Å². The lowest BCUT2D eigenvalue weighted by atomic mass is 9.92. The molecule has 0 bridgehead atoms. The summed E-state index contributed by atoms with van der Waals surface area (Å²) in [5.41, 5.74) is 0. The largest absolute Gasteiger partial charge is 0.366 e. The first-order valence-electron chi connectivity index (χ1n) is 2.15. The first-order valence-corrected chi connectivity index (χ1v) is 2.15. The molecule has 0 aromatic heterocycles. The fraction of sp³-hybridized carbons (Fsp3) is 1.00. The number of rotatable bonds is 0. The fourth-order valence-corrected chi connectivity index (χ4v) is 0.493. The van der Waals surface area contributed by atoms with Gasteiger partial charge in [0.2, 0.25) is 0 Å². The molecule has 44 valence electrons. The minimum absolute atomic E-state index is 0. The van der Waals surface area contributed by atoms with Crippen molar-refractivity contribution in [2.24, 2.45) is 0 Å². The fourth-order valence-electron chi connectivity index (χ4n) is 0.493. The summed E-state index contributed by atoms with van der Waals surface area (Å²) in [4.78, 5) is 0. The Morgan fingerprint density at radius 1 is 1.14 bits per heavy atom. The average molecular weight is 104 g/mol. The zero-order chi connectivity index (χ0) is 4.62. The Balaban J connectivity index is 0.000000360. The molecule has 2 heteroatoms. The van der Waals surface area contributed by atoms with E-state index in [0.29, 0.717) is 12.8 Å². The van der Waals surface area contributed by atoms with Gasteiger partial charge in [-0.05, 0) is 6.42 Å². The lowest BCUT2D eigenvalue weighted by Crippen LogP contribution is -2.35. The summed E-state index contributed by atoms with van der Waals surface area (Å²) in [5.74, 6) is -1.28. The molecule has 0 radical (unpaired) electrons. The molecule has 1 saturated carbocycles. The van der Waals surface area contributed by atoms with Gasteiger partial charge < -0.3 is 10.2 Å². The van der Waals surface area contributed by atoms with Crippen LogP contribution in [0.3, 0.4) is 0 Å². The van der Waals surface area contributed by atoms with Crippen molar-refractivity contribution in [1.29, 1.82) is 0 Å². The van der Waals surface area contributed by atoms with Crippen molar-refractivity contribution in [3.63, 3.8) is 0 Å². The van der Waals surface area contributed by atoms with E-state index in [1.165, 1.54) is 0 Å². The number of hydrogen-bond donors (Lipinski definition) is 2. The highest BCUT2D eigenvalue weighted by Crippen LogP contribution is 2.27. The van der Waals surface area contributed by atoms with Gasteiger partial charge in [-0.2, -0.15) is 0 Å². The van der Waals surface area contributed by atoms with Gasteiger partial charge in [-0.3, -0.25) is 0 Å². The van der Waals surface area contributed by atoms with Gasteiger partial charge in [0, 0.05) is 12.8 Å². The highest BCUT2D eigenvalue weighted by Gasteiger charge is 2.30. The van der Waals surface area contributed by atoms with Gasteiger partial charge >= 0.3 is 0 Å². The van der Waals surface area contributed by atoms with Crippen LogP contribution >= 0.6 is 0 Å². The summed E-state index contributed by atoms with van der Waals surface area (Å²) < 4.78 is 0. The smallest absolute Gasteiger partial charge is 0.162 e. The lowest BCUT2D eigenvalue weighted by Gasteiger charge is -2.29. The molecular weight excluding hydrogens is 92.1 g/mol. The Hall–Kier alpha value is -0.0800. The lowest BCUT2D eigenvalue weighted by molar-refractivity contribution is -0.210. The van der Waals surface area contributed by atoms with Gasteiger partial charge in [0.25, 0.3) is 0 Å². The predicted octanol–water partition coefficient (Wildman–Crippen LogP) is 0.487. The van der Waals surface area contributed by atoms with E-state index in [1.54, 1.807) is 0 Å². The molecule has 1 rings (SSSR count). The average Bonchev–Trinajstić information content (AvgIpc) is 1.32. The SMILES string of the molecule is C.OC1(O)CCC1. The zero-order valence-electron chi connectivity index (χ0n) is 3.52. The molecule has 1 fully saturated rings. The molecule has 0 saturated heterocycles. The van der Waals surface area contributed by atoms with E-state index in [9.17, 15) is 0 Å². The maximum absolute atomic E-state index is 8.47. The van der Waals surface area contributed by atoms with Crippen molar-refractivity contribution >= 4 is 0 Å². The Morgan fingerprint density at radius 2 is 1.43 bits per heavy atom. The van der Waals surface area contributed by atoms with E-state index in [4.69, 9.17) is 10.2 Å². The van der Waals surface area contributed by atoms with Crippen LogP contribution in [0, 0.1) is 0 Å². The molecule has 2 N–H and O–H groups in total. The quantitative estimate of drug-likeness (QED) is 0.439. The van der Waals surface area contributed by atoms with Crippen LogP contribution in [-0.2, 0) is 0 Å². The van der Waals surface area contributed by atoms with Crippen LogP contribution in [0.5, 0.6) is 0 Å². The second kappa shape index (κ2) is 1.80. The second-order valence-electron chi connectivity index (χ2n) is 1.84. The Labute approximate surface area is 43.8 Å². The number of hydrogen-bond acceptors (Lipinski definition) is 2. The second-order valence-corrected chi connectivity index (χ2v) is 1.84. The standard InChI is InChI=1S/C4H8O2.CH4/c5-4(6)2-1-3-4;/h5-6H,1-3H2;1H4. The maximum Gasteiger partial charge on any atom is 0.162 e. The normalized spacial score (nSPS) is 24.9. The highest BCUT2D eigenvalue weighted by atomic mass is 16.5. The van der Waals surface area contributed by atoms with Crippen molar-refractivity contribution in [2.75, 3.05) is 0 Å². The summed E-state index contributed by atoms with van der Waals surface area (Å²) in [7, 11) is 0. The summed E-state index contributed by atoms with van der Waals surface area (Å²) in [5, 5.41) is 16.9. The first kappa shape index (κ1) is 6.92. The van der Waals surface area contributed by atoms with Crippen LogP contribution in [0.2, 0.25) is 0 Å². The van der Waals surface area contributed by atoms with Crippen molar-refractivity contribution < 1.29 is 10.2 Å². The summed E-state index contributed by atoms with van der Waals surface area (Å²) >= 11 is 0. The Kier molecular flexibility index (Phi) is 1.78. The van der Waals surface area contributed by atoms with Crippen molar-refractivity contribution in [3.8, 4) is 0 Å². The molecule has 0 amide bonds. The van der Waals surface area contributed by atoms with Gasteiger partial charge in [-0.1, -0.05) is 7.43 Å². The van der Waals surface area contributed by atoms with Crippen LogP contribution in [0.15, 0.2) is 0 Å². The molecule has 0 aromatic rings. The zero-order valence-corrected chi connectivity index (χ0v) is 3.52. The highest BCUT2D eigenvalue weighted by molar-refractivity contribution is 4.74. The van der Waals surface area contributed by atoms with E-state index in [1.807, 2.05) is 0 Å². The number of aliphatic hydroxyl groups is 2. The molecule has 0 atom stereocenters. The molecule has 0 aromatic carbocycles. The van der Waals surface area contributed by atoms with Gasteiger partial charge in [0.15, 0.2) is 5.79 Å². The molecule has 2 nitrogen and oxygen atoms in total. The molecule has 0 unspecified atom stereocenters. The summed E-state index contributed by atoms with van der Waals surface area (Å²) in [6, 6.07) is 0. The monoisotopic (exact) mass is 104 g/mol. The maximum atomic E-state index is 8.47. The van der Waals surface area contributed by atoms with Crippen molar-refractivity contribution in [1.82, 2.24) is 0 Å². The van der Waals surface area contributed by atoms with Gasteiger partial charge in [-0.25, -0.2) is 0 Å². The third-order valence-electron chi connectivity index (χ3n) is 1.15. The van der Waals surface area contributed by atoms with Gasteiger partial charge in [0.05, 0.1) is 0 Å². The van der Waals surface area contributed by atoms with Gasteiger partial charge in [-0.15, -0.1) is 0 Å². The minimum atomic E-state index is -1.28. The summed E-state index contributed by atoms with van der Waals surface area (Å²) in [6.07, 6.45) is 2.09. The van der Waals surface area contributed by atoms with E-state index in [-0.39, 0.29) is 7.43 Å². The third kappa shape index (κ3) is 1.45. The predicted molar refractivity (Wildman–Crippen MR) is 27.8 cm³/mol. The van der Waals surface area contributed by atoms with Gasteiger partial charge in [0.1, 0.15) is 0 Å². The topological polar surface area (TPSA) is 40.5 Å². The molecular formula is C5H12O2. The van der Waals surface area contributed by atoms with E-state index in [2.05, 4.69) is 0 Å².